The average molecular weight is 708 g/mol. The zero-order valence-electron chi connectivity index (χ0n) is 31.2. The minimum Gasteiger partial charge on any atom is -0.456 e. The van der Waals surface area contributed by atoms with Crippen LogP contribution < -0.4 is 0 Å². The molecule has 55 heavy (non-hydrogen) atoms. The van der Waals surface area contributed by atoms with E-state index in [0.717, 1.165) is 38.6 Å². The minimum atomic E-state index is -0.138. The Balaban J connectivity index is 1.09. The predicted octanol–water partition coefficient (Wildman–Crippen LogP) is 13.1. The van der Waals surface area contributed by atoms with Crippen molar-refractivity contribution in [1.82, 2.24) is 15.0 Å². The smallest absolute Gasteiger partial charge is 0.164 e. The number of nitrogens with zero attached hydrogens (tertiary/aromatic N) is 3. The van der Waals surface area contributed by atoms with Gasteiger partial charge in [-0.05, 0) is 73.8 Å². The molecule has 0 saturated carbocycles. The Morgan fingerprint density at radius 2 is 0.964 bits per heavy atom. The molecule has 2 aliphatic carbocycles. The second kappa shape index (κ2) is 11.4. The van der Waals surface area contributed by atoms with E-state index in [9.17, 15) is 0 Å². The lowest BCUT2D eigenvalue weighted by atomic mass is 9.78. The molecule has 0 N–H and O–H groups in total. The first kappa shape index (κ1) is 31.8. The van der Waals surface area contributed by atoms with E-state index in [4.69, 9.17) is 19.4 Å². The third-order valence-corrected chi connectivity index (χ3v) is 12.1. The zero-order chi connectivity index (χ0) is 37.1. The Morgan fingerprint density at radius 1 is 0.400 bits per heavy atom. The largest absolute Gasteiger partial charge is 0.456 e. The van der Waals surface area contributed by atoms with Crippen LogP contribution in [0.25, 0.3) is 89.5 Å². The quantitative estimate of drug-likeness (QED) is 0.183. The summed E-state index contributed by atoms with van der Waals surface area (Å²) in [5.41, 5.74) is 17.0. The van der Waals surface area contributed by atoms with E-state index in [-0.39, 0.29) is 10.8 Å². The highest BCUT2D eigenvalue weighted by Crippen LogP contribution is 2.54. The van der Waals surface area contributed by atoms with Gasteiger partial charge in [0.25, 0.3) is 0 Å². The summed E-state index contributed by atoms with van der Waals surface area (Å²) in [5.74, 6) is 1.90. The molecular weight excluding hydrogens is 671 g/mol. The van der Waals surface area contributed by atoms with Gasteiger partial charge in [0.15, 0.2) is 17.5 Å². The van der Waals surface area contributed by atoms with Crippen LogP contribution in [-0.2, 0) is 10.8 Å². The molecule has 0 fully saturated rings. The Kier molecular flexibility index (Phi) is 6.61. The molecule has 2 aliphatic rings. The number of hydrogen-bond donors (Lipinski definition) is 0. The molecule has 0 aliphatic heterocycles. The van der Waals surface area contributed by atoms with E-state index in [0.29, 0.717) is 17.5 Å². The fourth-order valence-corrected chi connectivity index (χ4v) is 9.54. The van der Waals surface area contributed by atoms with E-state index < -0.39 is 0 Å². The van der Waals surface area contributed by atoms with Gasteiger partial charge >= 0.3 is 0 Å². The Bertz CT molecular complexity index is 3040. The van der Waals surface area contributed by atoms with Crippen molar-refractivity contribution in [2.75, 3.05) is 0 Å². The Hall–Kier alpha value is -6.65. The molecule has 7 aromatic carbocycles. The third kappa shape index (κ3) is 4.55. The summed E-state index contributed by atoms with van der Waals surface area (Å²) in [6, 6.07) is 53.8. The molecule has 0 atom stereocenters. The molecule has 0 bridgehead atoms. The van der Waals surface area contributed by atoms with Gasteiger partial charge in [0.2, 0.25) is 0 Å². The third-order valence-electron chi connectivity index (χ3n) is 12.1. The summed E-state index contributed by atoms with van der Waals surface area (Å²) in [6.45, 7) is 9.29. The van der Waals surface area contributed by atoms with Crippen molar-refractivity contribution in [3.05, 3.63) is 174 Å². The SMILES string of the molecule is CC1(C)c2ccccc2-c2c(-c3nc(-c4ccccc4)nc(-c4ccc5c(c4)oc4cccc(-c6cccc7c6C(C)(C)c6ccccc6-7)c45)n3)cccc21. The van der Waals surface area contributed by atoms with Crippen LogP contribution in [0.1, 0.15) is 49.9 Å². The zero-order valence-corrected chi connectivity index (χ0v) is 31.2. The summed E-state index contributed by atoms with van der Waals surface area (Å²) in [4.78, 5) is 15.5. The molecule has 4 nitrogen and oxygen atoms in total. The van der Waals surface area contributed by atoms with Crippen molar-refractivity contribution in [2.24, 2.45) is 0 Å². The molecule has 2 aromatic heterocycles. The summed E-state index contributed by atoms with van der Waals surface area (Å²) in [7, 11) is 0. The van der Waals surface area contributed by atoms with Gasteiger partial charge in [0, 0.05) is 38.3 Å². The first-order valence-electron chi connectivity index (χ1n) is 19.0. The minimum absolute atomic E-state index is 0.134. The number of hydrogen-bond acceptors (Lipinski definition) is 4. The molecule has 0 unspecified atom stereocenters. The maximum absolute atomic E-state index is 6.69. The molecule has 9 aromatic rings. The second-order valence-electron chi connectivity index (χ2n) is 16.0. The lowest BCUT2D eigenvalue weighted by Crippen LogP contribution is -2.16. The molecule has 0 amide bonds. The molecule has 2 heterocycles. The summed E-state index contributed by atoms with van der Waals surface area (Å²) in [5, 5.41) is 2.18. The normalized spacial score (nSPS) is 14.5. The molecule has 4 heteroatoms. The highest BCUT2D eigenvalue weighted by Gasteiger charge is 2.38. The molecule has 0 radical (unpaired) electrons. The lowest BCUT2D eigenvalue weighted by Gasteiger charge is -2.24. The summed E-state index contributed by atoms with van der Waals surface area (Å²) < 4.78 is 6.69. The summed E-state index contributed by atoms with van der Waals surface area (Å²) in [6.07, 6.45) is 0. The van der Waals surface area contributed by atoms with Gasteiger partial charge < -0.3 is 4.42 Å². The van der Waals surface area contributed by atoms with Crippen molar-refractivity contribution in [3.8, 4) is 67.5 Å². The van der Waals surface area contributed by atoms with E-state index in [1.54, 1.807) is 0 Å². The van der Waals surface area contributed by atoms with Gasteiger partial charge in [-0.1, -0.05) is 161 Å². The van der Waals surface area contributed by atoms with Crippen LogP contribution >= 0.6 is 0 Å². The maximum Gasteiger partial charge on any atom is 0.164 e. The number of benzene rings is 7. The van der Waals surface area contributed by atoms with Gasteiger partial charge in [-0.2, -0.15) is 0 Å². The van der Waals surface area contributed by atoms with Crippen LogP contribution in [-0.4, -0.2) is 15.0 Å². The van der Waals surface area contributed by atoms with Gasteiger partial charge in [-0.3, -0.25) is 0 Å². The number of aromatic nitrogens is 3. The number of rotatable bonds is 4. The Labute approximate surface area is 320 Å². The highest BCUT2D eigenvalue weighted by atomic mass is 16.3. The van der Waals surface area contributed by atoms with Gasteiger partial charge in [0.05, 0.1) is 0 Å². The molecule has 0 saturated heterocycles. The van der Waals surface area contributed by atoms with Crippen LogP contribution in [0.5, 0.6) is 0 Å². The van der Waals surface area contributed by atoms with E-state index >= 15 is 0 Å². The van der Waals surface area contributed by atoms with E-state index in [2.05, 4.69) is 161 Å². The highest BCUT2D eigenvalue weighted by molar-refractivity contribution is 6.14. The monoisotopic (exact) mass is 707 g/mol. The fourth-order valence-electron chi connectivity index (χ4n) is 9.54. The molecule has 11 rings (SSSR count). The van der Waals surface area contributed by atoms with Crippen molar-refractivity contribution >= 4 is 21.9 Å². The Morgan fingerprint density at radius 3 is 1.76 bits per heavy atom. The molecule has 262 valence electrons. The van der Waals surface area contributed by atoms with Crippen LogP contribution in [0.3, 0.4) is 0 Å². The first-order valence-corrected chi connectivity index (χ1v) is 19.0. The molecular formula is C51H37N3O. The van der Waals surface area contributed by atoms with E-state index in [1.165, 1.54) is 55.6 Å². The van der Waals surface area contributed by atoms with Gasteiger partial charge in [-0.25, -0.2) is 15.0 Å². The topological polar surface area (TPSA) is 51.8 Å². The second-order valence-corrected chi connectivity index (χ2v) is 16.0. The lowest BCUT2D eigenvalue weighted by molar-refractivity contribution is 0.660. The van der Waals surface area contributed by atoms with Crippen molar-refractivity contribution in [3.63, 3.8) is 0 Å². The first-order chi connectivity index (χ1) is 26.8. The van der Waals surface area contributed by atoms with Crippen molar-refractivity contribution < 1.29 is 4.42 Å². The van der Waals surface area contributed by atoms with Crippen molar-refractivity contribution in [2.45, 2.75) is 38.5 Å². The van der Waals surface area contributed by atoms with Crippen LogP contribution in [0.2, 0.25) is 0 Å². The fraction of sp³-hybridized carbons (Fsp3) is 0.118. The number of fused-ring (bicyclic) bond motifs is 9. The maximum atomic E-state index is 6.69. The average Bonchev–Trinajstić information content (AvgIpc) is 3.80. The predicted molar refractivity (Wildman–Crippen MR) is 224 cm³/mol. The molecule has 0 spiro atoms. The van der Waals surface area contributed by atoms with Crippen molar-refractivity contribution in [1.29, 1.82) is 0 Å². The number of furan rings is 1. The standard InChI is InChI=1S/C51H37N3O/c1-50(2)40-24-11-9-18-36(40)44-38(22-13-25-41(44)50)49-53-47(30-15-6-5-7-16-30)52-48(54-49)31-27-28-37-43(29-31)55-42-26-14-19-33(45(37)42)35-21-12-20-34-32-17-8-10-23-39(32)51(3,4)46(34)35/h5-29H,1-4H3. The van der Waals surface area contributed by atoms with Crippen LogP contribution in [0.15, 0.2) is 156 Å². The van der Waals surface area contributed by atoms with Gasteiger partial charge in [-0.15, -0.1) is 0 Å². The van der Waals surface area contributed by atoms with E-state index in [1.807, 2.05) is 18.2 Å². The van der Waals surface area contributed by atoms with Crippen LogP contribution in [0.4, 0.5) is 0 Å². The van der Waals surface area contributed by atoms with Crippen LogP contribution in [0, 0.1) is 0 Å². The van der Waals surface area contributed by atoms with Gasteiger partial charge in [0.1, 0.15) is 11.2 Å². The summed E-state index contributed by atoms with van der Waals surface area (Å²) >= 11 is 0.